The summed E-state index contributed by atoms with van der Waals surface area (Å²) in [5.74, 6) is -0.671. The summed E-state index contributed by atoms with van der Waals surface area (Å²) >= 11 is 0. The van der Waals surface area contributed by atoms with Crippen LogP contribution < -0.4 is 4.90 Å². The third-order valence-electron chi connectivity index (χ3n) is 5.59. The van der Waals surface area contributed by atoms with Gasteiger partial charge in [0.1, 0.15) is 0 Å². The quantitative estimate of drug-likeness (QED) is 0.879. The number of piperidine rings is 1. The molecule has 0 radical (unpaired) electrons. The molecule has 1 atom stereocenters. The molecule has 0 spiro atoms. The van der Waals surface area contributed by atoms with E-state index in [1.807, 2.05) is 18.7 Å². The fraction of sp³-hybridized carbons (Fsp3) is 0.619. The molecule has 5 heteroatoms. The fourth-order valence-corrected chi connectivity index (χ4v) is 4.09. The van der Waals surface area contributed by atoms with Crippen LogP contribution in [0.5, 0.6) is 0 Å². The number of hydrogen-bond donors (Lipinski definition) is 1. The van der Waals surface area contributed by atoms with E-state index < -0.39 is 5.97 Å². The summed E-state index contributed by atoms with van der Waals surface area (Å²) in [5, 5.41) is 9.22. The highest BCUT2D eigenvalue weighted by Crippen LogP contribution is 2.29. The molecule has 0 aromatic heterocycles. The van der Waals surface area contributed by atoms with Gasteiger partial charge >= 0.3 is 5.97 Å². The van der Waals surface area contributed by atoms with Gasteiger partial charge in [0.15, 0.2) is 0 Å². The molecule has 2 heterocycles. The second-order valence-electron chi connectivity index (χ2n) is 7.94. The Bertz CT molecular complexity index is 671. The van der Waals surface area contributed by atoms with E-state index in [1.54, 1.807) is 0 Å². The first-order chi connectivity index (χ1) is 12.5. The molecular formula is C21H30N2O3. The number of carboxylic acids is 1. The molecule has 2 aliphatic rings. The molecular weight excluding hydrogens is 328 g/mol. The number of carbonyl (C=O) groups excluding carboxylic acids is 1. The Hall–Kier alpha value is -1.88. The molecule has 1 unspecified atom stereocenters. The summed E-state index contributed by atoms with van der Waals surface area (Å²) in [7, 11) is 0. The lowest BCUT2D eigenvalue weighted by atomic mass is 9.96. The Labute approximate surface area is 156 Å². The normalized spacial score (nSPS) is 20.9. The van der Waals surface area contributed by atoms with Crippen molar-refractivity contribution in [3.63, 3.8) is 0 Å². The maximum atomic E-state index is 12.4. The highest BCUT2D eigenvalue weighted by Gasteiger charge is 2.26. The number of benzene rings is 1. The zero-order chi connectivity index (χ0) is 18.7. The number of aliphatic carboxylic acids is 1. The van der Waals surface area contributed by atoms with E-state index in [4.69, 9.17) is 0 Å². The van der Waals surface area contributed by atoms with Crippen LogP contribution in [0.25, 0.3) is 0 Å². The largest absolute Gasteiger partial charge is 0.481 e. The summed E-state index contributed by atoms with van der Waals surface area (Å²) in [4.78, 5) is 27.9. The molecule has 1 fully saturated rings. The minimum atomic E-state index is -0.668. The second kappa shape index (κ2) is 8.21. The monoisotopic (exact) mass is 358 g/mol. The highest BCUT2D eigenvalue weighted by atomic mass is 16.4. The molecule has 0 bridgehead atoms. The van der Waals surface area contributed by atoms with E-state index in [9.17, 15) is 14.7 Å². The number of amides is 1. The summed E-state index contributed by atoms with van der Waals surface area (Å²) in [6.45, 7) is 7.27. The van der Waals surface area contributed by atoms with E-state index in [0.717, 1.165) is 57.4 Å². The second-order valence-corrected chi connectivity index (χ2v) is 7.94. The molecule has 5 nitrogen and oxygen atoms in total. The van der Waals surface area contributed by atoms with Gasteiger partial charge in [0, 0.05) is 31.2 Å². The highest BCUT2D eigenvalue weighted by molar-refractivity contribution is 5.95. The van der Waals surface area contributed by atoms with Gasteiger partial charge in [-0.3, -0.25) is 9.59 Å². The lowest BCUT2D eigenvalue weighted by Crippen LogP contribution is -2.39. The molecule has 142 valence electrons. The molecule has 3 rings (SSSR count). The minimum absolute atomic E-state index is 0.0157. The molecule has 1 saturated heterocycles. The van der Waals surface area contributed by atoms with Crippen LogP contribution in [0.15, 0.2) is 18.2 Å². The van der Waals surface area contributed by atoms with Gasteiger partial charge in [-0.2, -0.15) is 0 Å². The number of fused-ring (bicyclic) bond motifs is 1. The lowest BCUT2D eigenvalue weighted by molar-refractivity contribution is -0.143. The number of rotatable bonds is 5. The lowest BCUT2D eigenvalue weighted by Gasteiger charge is -2.32. The molecule has 0 aliphatic carbocycles. The Morgan fingerprint density at radius 1 is 1.23 bits per heavy atom. The predicted octanol–water partition coefficient (Wildman–Crippen LogP) is 2.96. The average Bonchev–Trinajstić information content (AvgIpc) is 2.65. The van der Waals surface area contributed by atoms with Crippen LogP contribution in [0.4, 0.5) is 5.69 Å². The van der Waals surface area contributed by atoms with Crippen molar-refractivity contribution in [2.24, 2.45) is 11.8 Å². The number of aryl methyl sites for hydroxylation is 1. The Kier molecular flexibility index (Phi) is 5.97. The van der Waals surface area contributed by atoms with Crippen LogP contribution in [-0.2, 0) is 22.4 Å². The molecule has 0 saturated carbocycles. The van der Waals surface area contributed by atoms with Crippen LogP contribution in [0, 0.1) is 11.8 Å². The topological polar surface area (TPSA) is 60.9 Å². The van der Waals surface area contributed by atoms with Crippen LogP contribution >= 0.6 is 0 Å². The number of nitrogens with zero attached hydrogens (tertiary/aromatic N) is 2. The smallest absolute Gasteiger partial charge is 0.307 e. The van der Waals surface area contributed by atoms with Gasteiger partial charge in [0.25, 0.3) is 0 Å². The van der Waals surface area contributed by atoms with Crippen molar-refractivity contribution >= 4 is 17.6 Å². The average molecular weight is 358 g/mol. The van der Waals surface area contributed by atoms with Crippen LogP contribution in [0.3, 0.4) is 0 Å². The summed E-state index contributed by atoms with van der Waals surface area (Å²) < 4.78 is 0. The first-order valence-corrected chi connectivity index (χ1v) is 9.84. The van der Waals surface area contributed by atoms with Gasteiger partial charge in [-0.25, -0.2) is 0 Å². The number of carbonyl (C=O) groups is 2. The summed E-state index contributed by atoms with van der Waals surface area (Å²) in [6.07, 6.45) is 4.73. The number of carboxylic acid groups (broad SMARTS) is 1. The molecule has 1 aromatic rings. The zero-order valence-corrected chi connectivity index (χ0v) is 15.9. The summed E-state index contributed by atoms with van der Waals surface area (Å²) in [6, 6.07) is 6.47. The number of hydrogen-bond acceptors (Lipinski definition) is 3. The van der Waals surface area contributed by atoms with Crippen molar-refractivity contribution < 1.29 is 14.7 Å². The molecule has 26 heavy (non-hydrogen) atoms. The Balaban J connectivity index is 1.64. The molecule has 1 amide bonds. The fourth-order valence-electron chi connectivity index (χ4n) is 4.09. The van der Waals surface area contributed by atoms with Gasteiger partial charge in [0.2, 0.25) is 5.91 Å². The van der Waals surface area contributed by atoms with E-state index in [-0.39, 0.29) is 17.7 Å². The Morgan fingerprint density at radius 2 is 2.04 bits per heavy atom. The molecule has 2 aliphatic heterocycles. The molecule has 1 aromatic carbocycles. The Morgan fingerprint density at radius 3 is 2.77 bits per heavy atom. The van der Waals surface area contributed by atoms with Gasteiger partial charge in [-0.05, 0) is 55.8 Å². The van der Waals surface area contributed by atoms with E-state index in [2.05, 4.69) is 23.1 Å². The summed E-state index contributed by atoms with van der Waals surface area (Å²) in [5.41, 5.74) is 3.62. The number of anilines is 1. The minimum Gasteiger partial charge on any atom is -0.481 e. The number of likely N-dealkylation sites (tertiary alicyclic amines) is 1. The maximum absolute atomic E-state index is 12.4. The van der Waals surface area contributed by atoms with Crippen molar-refractivity contribution in [2.45, 2.75) is 46.0 Å². The van der Waals surface area contributed by atoms with E-state index in [0.29, 0.717) is 6.54 Å². The van der Waals surface area contributed by atoms with Crippen molar-refractivity contribution in [1.29, 1.82) is 0 Å². The maximum Gasteiger partial charge on any atom is 0.307 e. The van der Waals surface area contributed by atoms with Crippen molar-refractivity contribution in [1.82, 2.24) is 4.90 Å². The van der Waals surface area contributed by atoms with Crippen LogP contribution in [0.1, 0.15) is 44.2 Å². The van der Waals surface area contributed by atoms with E-state index >= 15 is 0 Å². The van der Waals surface area contributed by atoms with Crippen LogP contribution in [0.2, 0.25) is 0 Å². The van der Waals surface area contributed by atoms with Crippen LogP contribution in [-0.4, -0.2) is 48.1 Å². The van der Waals surface area contributed by atoms with Gasteiger partial charge in [0.05, 0.1) is 5.92 Å². The van der Waals surface area contributed by atoms with Crippen molar-refractivity contribution in [3.8, 4) is 0 Å². The first kappa shape index (κ1) is 18.9. The third-order valence-corrected chi connectivity index (χ3v) is 5.59. The standard InChI is InChI=1S/C21H30N2O3/c1-15(2)20(24)23-11-4-5-17-13-16(7-8-19(17)23)9-12-22-10-3-6-18(14-22)21(25)26/h7-8,13,15,18H,3-6,9-12,14H2,1-2H3,(H,25,26). The SMILES string of the molecule is CC(C)C(=O)N1CCCc2cc(CCN3CCCC(C(=O)O)C3)ccc21. The van der Waals surface area contributed by atoms with Gasteiger partial charge < -0.3 is 14.9 Å². The molecule has 1 N–H and O–H groups in total. The van der Waals surface area contributed by atoms with E-state index in [1.165, 1.54) is 11.1 Å². The first-order valence-electron chi connectivity index (χ1n) is 9.84. The van der Waals surface area contributed by atoms with Gasteiger partial charge in [-0.1, -0.05) is 26.0 Å². The van der Waals surface area contributed by atoms with Crippen molar-refractivity contribution in [3.05, 3.63) is 29.3 Å². The van der Waals surface area contributed by atoms with Crippen molar-refractivity contribution in [2.75, 3.05) is 31.1 Å². The predicted molar refractivity (Wildman–Crippen MR) is 102 cm³/mol. The zero-order valence-electron chi connectivity index (χ0n) is 15.9. The van der Waals surface area contributed by atoms with Gasteiger partial charge in [-0.15, -0.1) is 0 Å². The third kappa shape index (κ3) is 4.26.